The fourth-order valence-corrected chi connectivity index (χ4v) is 4.71. The molecule has 0 radical (unpaired) electrons. The molecule has 0 aromatic carbocycles. The number of rotatable bonds is 33. The van der Waals surface area contributed by atoms with Gasteiger partial charge in [-0.2, -0.15) is 0 Å². The molecular weight excluding hydrogens is 656 g/mol. The maximum absolute atomic E-state index is 12.2. The normalized spacial score (nSPS) is 10.9. The third-order valence-corrected chi connectivity index (χ3v) is 8.04. The van der Waals surface area contributed by atoms with Gasteiger partial charge in [0.2, 0.25) is 0 Å². The van der Waals surface area contributed by atoms with E-state index >= 15 is 0 Å². The van der Waals surface area contributed by atoms with Gasteiger partial charge < -0.3 is 28.8 Å². The van der Waals surface area contributed by atoms with E-state index in [4.69, 9.17) is 23.7 Å². The summed E-state index contributed by atoms with van der Waals surface area (Å²) in [4.78, 5) is 59.1. The van der Waals surface area contributed by atoms with Crippen LogP contribution in [0.25, 0.3) is 0 Å². The first-order valence-corrected chi connectivity index (χ1v) is 20.1. The maximum Gasteiger partial charge on any atom is 0.339 e. The van der Waals surface area contributed by atoms with Crippen molar-refractivity contribution in [3.63, 3.8) is 0 Å². The predicted octanol–water partition coefficient (Wildman–Crippen LogP) is 8.88. The summed E-state index contributed by atoms with van der Waals surface area (Å²) in [6, 6.07) is 0. The van der Waals surface area contributed by atoms with Crippen LogP contribution in [0.4, 0.5) is 0 Å². The molecule has 11 nitrogen and oxygen atoms in total. The van der Waals surface area contributed by atoms with E-state index in [2.05, 4.69) is 13.8 Å². The maximum atomic E-state index is 12.2. The van der Waals surface area contributed by atoms with Crippen molar-refractivity contribution in [3.8, 4) is 0 Å². The van der Waals surface area contributed by atoms with E-state index in [1.165, 1.54) is 51.4 Å². The van der Waals surface area contributed by atoms with Crippen LogP contribution in [0.1, 0.15) is 189 Å². The van der Waals surface area contributed by atoms with Crippen molar-refractivity contribution in [1.82, 2.24) is 0 Å². The number of carbonyl (C=O) groups excluding carboxylic acids is 5. The molecule has 1 N–H and O–H groups in total. The average molecular weight is 731 g/mol. The zero-order valence-corrected chi connectivity index (χ0v) is 33.0. The van der Waals surface area contributed by atoms with Crippen LogP contribution < -0.4 is 0 Å². The van der Waals surface area contributed by atoms with Crippen molar-refractivity contribution in [2.45, 2.75) is 194 Å². The number of aliphatic hydroxyl groups is 1. The molecule has 0 unspecified atom stereocenters. The first-order chi connectivity index (χ1) is 24.6. The first-order valence-electron chi connectivity index (χ1n) is 20.1. The van der Waals surface area contributed by atoms with E-state index in [9.17, 15) is 29.1 Å². The molecule has 0 aliphatic carbocycles. The Morgan fingerprint density at radius 1 is 0.373 bits per heavy atom. The zero-order chi connectivity index (χ0) is 38.4. The van der Waals surface area contributed by atoms with Crippen molar-refractivity contribution in [3.05, 3.63) is 0 Å². The molecule has 0 saturated carbocycles. The van der Waals surface area contributed by atoms with Gasteiger partial charge in [0.1, 0.15) is 0 Å². The van der Waals surface area contributed by atoms with Gasteiger partial charge in [-0.3, -0.25) is 19.2 Å². The fourth-order valence-electron chi connectivity index (χ4n) is 4.71. The first kappa shape index (κ1) is 50.4. The molecule has 0 amide bonds. The zero-order valence-electron chi connectivity index (χ0n) is 33.0. The van der Waals surface area contributed by atoms with E-state index in [0.717, 1.165) is 44.9 Å². The minimum absolute atomic E-state index is 0.118. The average Bonchev–Trinajstić information content (AvgIpc) is 3.10. The molecule has 11 heteroatoms. The van der Waals surface area contributed by atoms with Crippen LogP contribution in [0.2, 0.25) is 0 Å². The summed E-state index contributed by atoms with van der Waals surface area (Å²) < 4.78 is 25.4. The van der Waals surface area contributed by atoms with E-state index in [-0.39, 0.29) is 31.8 Å². The second-order valence-corrected chi connectivity index (χ2v) is 13.2. The lowest BCUT2D eigenvalue weighted by atomic mass is 9.95. The minimum Gasteiger partial charge on any atom is -0.466 e. The lowest BCUT2D eigenvalue weighted by Crippen LogP contribution is -2.45. The summed E-state index contributed by atoms with van der Waals surface area (Å²) in [5, 5.41) is 10.6. The quantitative estimate of drug-likeness (QED) is 0.0391. The van der Waals surface area contributed by atoms with Gasteiger partial charge in [0.05, 0.1) is 45.9 Å². The van der Waals surface area contributed by atoms with Crippen molar-refractivity contribution in [1.29, 1.82) is 0 Å². The number of ether oxygens (including phenoxy) is 5. The van der Waals surface area contributed by atoms with Gasteiger partial charge in [-0.25, -0.2) is 4.79 Å². The third-order valence-electron chi connectivity index (χ3n) is 8.04. The van der Waals surface area contributed by atoms with Crippen LogP contribution in [0.3, 0.4) is 0 Å². The van der Waals surface area contributed by atoms with Gasteiger partial charge in [0.25, 0.3) is 0 Å². The second-order valence-electron chi connectivity index (χ2n) is 13.2. The molecule has 0 rings (SSSR count). The Balaban J connectivity index is 0. The van der Waals surface area contributed by atoms with Crippen molar-refractivity contribution in [2.24, 2.45) is 0 Å². The molecular formula is C40H74O11. The van der Waals surface area contributed by atoms with E-state index in [1.54, 1.807) is 0 Å². The van der Waals surface area contributed by atoms with Crippen LogP contribution >= 0.6 is 0 Å². The topological polar surface area (TPSA) is 152 Å². The summed E-state index contributed by atoms with van der Waals surface area (Å²) in [5.74, 6) is -2.77. The summed E-state index contributed by atoms with van der Waals surface area (Å²) in [6.45, 7) is 11.8. The molecule has 51 heavy (non-hydrogen) atoms. The van der Waals surface area contributed by atoms with Crippen LogP contribution in [0, 0.1) is 0 Å². The Morgan fingerprint density at radius 3 is 1.04 bits per heavy atom. The molecule has 0 heterocycles. The molecule has 0 aliphatic heterocycles. The summed E-state index contributed by atoms with van der Waals surface area (Å²) in [7, 11) is 0. The van der Waals surface area contributed by atoms with Gasteiger partial charge in [-0.15, -0.1) is 0 Å². The molecule has 0 fully saturated rings. The Kier molecular flexibility index (Phi) is 36.7. The minimum atomic E-state index is -2.26. The molecule has 0 aromatic heterocycles. The monoisotopic (exact) mass is 731 g/mol. The molecule has 0 spiro atoms. The Hall–Kier alpha value is -2.69. The SMILES string of the molecule is CCCCCCCCCOC(=O)CCCCC(=O)OCCCCCCC.CCCCOC(=O)CC(O)(CC(=O)OCCCC)C(=O)OCCCC. The summed E-state index contributed by atoms with van der Waals surface area (Å²) in [5.41, 5.74) is -2.26. The van der Waals surface area contributed by atoms with Gasteiger partial charge >= 0.3 is 29.8 Å². The lowest BCUT2D eigenvalue weighted by molar-refractivity contribution is -0.178. The number of esters is 5. The smallest absolute Gasteiger partial charge is 0.339 e. The highest BCUT2D eigenvalue weighted by Crippen LogP contribution is 2.20. The van der Waals surface area contributed by atoms with Crippen LogP contribution in [0.5, 0.6) is 0 Å². The largest absolute Gasteiger partial charge is 0.466 e. The molecule has 300 valence electrons. The molecule has 0 aliphatic rings. The summed E-state index contributed by atoms with van der Waals surface area (Å²) >= 11 is 0. The van der Waals surface area contributed by atoms with Crippen molar-refractivity contribution in [2.75, 3.05) is 33.0 Å². The Morgan fingerprint density at radius 2 is 0.667 bits per heavy atom. The fraction of sp³-hybridized carbons (Fsp3) is 0.875. The highest BCUT2D eigenvalue weighted by Gasteiger charge is 2.43. The van der Waals surface area contributed by atoms with E-state index in [1.807, 2.05) is 20.8 Å². The predicted molar refractivity (Wildman–Crippen MR) is 199 cm³/mol. The molecule has 0 atom stereocenters. The highest BCUT2D eigenvalue weighted by molar-refractivity contribution is 5.90. The van der Waals surface area contributed by atoms with Gasteiger partial charge in [-0.1, -0.05) is 118 Å². The van der Waals surface area contributed by atoms with Gasteiger partial charge in [0, 0.05) is 12.8 Å². The number of unbranched alkanes of at least 4 members (excludes halogenated alkanes) is 14. The van der Waals surface area contributed by atoms with Crippen LogP contribution in [-0.4, -0.2) is 73.6 Å². The van der Waals surface area contributed by atoms with Crippen LogP contribution in [0.15, 0.2) is 0 Å². The lowest BCUT2D eigenvalue weighted by Gasteiger charge is -2.24. The standard InChI is InChI=1S/C22H42O4.C18H32O7/c1-3-5-7-9-10-12-16-20-26-22(24)18-14-13-17-21(23)25-19-15-11-8-6-4-2;1-4-7-10-23-15(19)13-18(22,17(21)25-12-9-6-3)14-16(20)24-11-8-5-2/h3-20H2,1-2H3;22H,4-14H2,1-3H3. The third kappa shape index (κ3) is 34.2. The van der Waals surface area contributed by atoms with Gasteiger partial charge in [-0.05, 0) is 44.9 Å². The number of carbonyl (C=O) groups is 5. The molecule has 0 aromatic rings. The van der Waals surface area contributed by atoms with E-state index < -0.39 is 36.4 Å². The van der Waals surface area contributed by atoms with Crippen LogP contribution in [-0.2, 0) is 47.7 Å². The second kappa shape index (κ2) is 37.1. The highest BCUT2D eigenvalue weighted by atomic mass is 16.6. The summed E-state index contributed by atoms with van der Waals surface area (Å²) in [6.07, 6.45) is 19.7. The molecule has 0 saturated heterocycles. The Labute approximate surface area is 309 Å². The van der Waals surface area contributed by atoms with Crippen molar-refractivity contribution < 1.29 is 52.8 Å². The van der Waals surface area contributed by atoms with E-state index in [0.29, 0.717) is 58.2 Å². The number of hydrogen-bond acceptors (Lipinski definition) is 11. The Bertz CT molecular complexity index is 850. The number of hydrogen-bond donors (Lipinski definition) is 1. The van der Waals surface area contributed by atoms with Crippen molar-refractivity contribution >= 4 is 29.8 Å². The molecule has 0 bridgehead atoms. The van der Waals surface area contributed by atoms with Gasteiger partial charge in [0.15, 0.2) is 5.60 Å².